The molecule has 0 aromatic heterocycles. The Labute approximate surface area is 181 Å². The summed E-state index contributed by atoms with van der Waals surface area (Å²) < 4.78 is 16.7. The topological polar surface area (TPSA) is 97.3 Å². The third-order valence-corrected chi connectivity index (χ3v) is 5.14. The van der Waals surface area contributed by atoms with Crippen molar-refractivity contribution in [2.75, 3.05) is 32.2 Å². The first-order chi connectivity index (χ1) is 15.0. The third kappa shape index (κ3) is 5.02. The Morgan fingerprint density at radius 2 is 1.77 bits per heavy atom. The van der Waals surface area contributed by atoms with Gasteiger partial charge in [0.2, 0.25) is 0 Å². The Bertz CT molecular complexity index is 946. The van der Waals surface area contributed by atoms with E-state index >= 15 is 0 Å². The molecule has 2 N–H and O–H groups in total. The number of hydrogen-bond acceptors (Lipinski definition) is 5. The highest BCUT2D eigenvalue weighted by molar-refractivity contribution is 5.91. The van der Waals surface area contributed by atoms with E-state index in [4.69, 9.17) is 14.2 Å². The lowest BCUT2D eigenvalue weighted by atomic mass is 9.90. The second kappa shape index (κ2) is 10.1. The Morgan fingerprint density at radius 3 is 2.42 bits per heavy atom. The molecule has 1 aliphatic heterocycles. The zero-order chi connectivity index (χ0) is 22.4. The van der Waals surface area contributed by atoms with Crippen LogP contribution >= 0.6 is 0 Å². The first-order valence-electron chi connectivity index (χ1n) is 10.3. The minimum atomic E-state index is -0.986. The van der Waals surface area contributed by atoms with Gasteiger partial charge in [0.1, 0.15) is 5.75 Å². The number of carbonyl (C=O) groups excluding carboxylic acids is 1. The van der Waals surface area contributed by atoms with Crippen LogP contribution in [-0.4, -0.2) is 48.9 Å². The van der Waals surface area contributed by atoms with E-state index in [2.05, 4.69) is 5.32 Å². The standard InChI is InChI=1S/C23H28N2O6/c1-4-30-20-12-15-10-11-25(23(28)24-17-8-6-7-9-19(17)29-3)18(14-22(26)27)16(15)13-21(20)31-5-2/h6-9,12-13,18H,4-5,10-11,14H2,1-3H3,(H,24,28)(H,26,27). The van der Waals surface area contributed by atoms with E-state index in [9.17, 15) is 14.7 Å². The van der Waals surface area contributed by atoms with E-state index in [1.807, 2.05) is 26.0 Å². The highest BCUT2D eigenvalue weighted by atomic mass is 16.5. The second-order valence-corrected chi connectivity index (χ2v) is 7.05. The Morgan fingerprint density at radius 1 is 1.10 bits per heavy atom. The molecular formula is C23H28N2O6. The van der Waals surface area contributed by atoms with Gasteiger partial charge in [0.05, 0.1) is 38.5 Å². The summed E-state index contributed by atoms with van der Waals surface area (Å²) >= 11 is 0. The molecule has 3 rings (SSSR count). The number of benzene rings is 2. The molecule has 2 amide bonds. The number of carbonyl (C=O) groups is 2. The van der Waals surface area contributed by atoms with Gasteiger partial charge >= 0.3 is 12.0 Å². The average Bonchev–Trinajstić information content (AvgIpc) is 2.75. The van der Waals surface area contributed by atoms with Crippen molar-refractivity contribution in [2.45, 2.75) is 32.7 Å². The number of carboxylic acid groups (broad SMARTS) is 1. The number of ether oxygens (including phenoxy) is 3. The maximum Gasteiger partial charge on any atom is 0.322 e. The summed E-state index contributed by atoms with van der Waals surface area (Å²) in [5, 5.41) is 12.4. The highest BCUT2D eigenvalue weighted by Crippen LogP contribution is 2.40. The number of para-hydroxylation sites is 2. The number of amides is 2. The first kappa shape index (κ1) is 22.3. The summed E-state index contributed by atoms with van der Waals surface area (Å²) in [5.41, 5.74) is 2.24. The molecule has 1 atom stereocenters. The molecule has 1 aliphatic rings. The maximum atomic E-state index is 13.1. The SMILES string of the molecule is CCOc1cc2c(cc1OCC)C(CC(=O)O)N(C(=O)Nc1ccccc1OC)CC2. The van der Waals surface area contributed by atoms with E-state index < -0.39 is 12.0 Å². The van der Waals surface area contributed by atoms with Gasteiger partial charge in [-0.05, 0) is 55.7 Å². The minimum absolute atomic E-state index is 0.216. The van der Waals surface area contributed by atoms with Crippen molar-refractivity contribution < 1.29 is 28.9 Å². The molecule has 0 fully saturated rings. The molecule has 8 heteroatoms. The number of nitrogens with zero attached hydrogens (tertiary/aromatic N) is 1. The molecule has 31 heavy (non-hydrogen) atoms. The molecule has 8 nitrogen and oxygen atoms in total. The van der Waals surface area contributed by atoms with Crippen LogP contribution in [0, 0.1) is 0 Å². The van der Waals surface area contributed by atoms with Gasteiger partial charge in [-0.15, -0.1) is 0 Å². The maximum absolute atomic E-state index is 13.1. The summed E-state index contributed by atoms with van der Waals surface area (Å²) in [6.45, 7) is 5.08. The number of methoxy groups -OCH3 is 1. The van der Waals surface area contributed by atoms with Gasteiger partial charge in [0.25, 0.3) is 0 Å². The molecule has 1 unspecified atom stereocenters. The quantitative estimate of drug-likeness (QED) is 0.657. The second-order valence-electron chi connectivity index (χ2n) is 7.05. The monoisotopic (exact) mass is 428 g/mol. The predicted molar refractivity (Wildman–Crippen MR) is 116 cm³/mol. The van der Waals surface area contributed by atoms with Crippen molar-refractivity contribution in [3.8, 4) is 17.2 Å². The smallest absolute Gasteiger partial charge is 0.322 e. The zero-order valence-corrected chi connectivity index (χ0v) is 18.0. The van der Waals surface area contributed by atoms with Gasteiger partial charge in [-0.1, -0.05) is 12.1 Å². The van der Waals surface area contributed by atoms with Gasteiger partial charge < -0.3 is 29.5 Å². The molecule has 0 saturated heterocycles. The summed E-state index contributed by atoms with van der Waals surface area (Å²) in [6, 6.07) is 9.78. The molecule has 2 aromatic rings. The van der Waals surface area contributed by atoms with Crippen LogP contribution in [-0.2, 0) is 11.2 Å². The van der Waals surface area contributed by atoms with Crippen LogP contribution in [0.3, 0.4) is 0 Å². The lowest BCUT2D eigenvalue weighted by molar-refractivity contribution is -0.138. The molecule has 1 heterocycles. The number of carboxylic acids is 1. The van der Waals surface area contributed by atoms with E-state index in [1.165, 1.54) is 7.11 Å². The molecule has 0 spiro atoms. The highest BCUT2D eigenvalue weighted by Gasteiger charge is 2.34. The van der Waals surface area contributed by atoms with Crippen molar-refractivity contribution in [3.05, 3.63) is 47.5 Å². The number of aliphatic carboxylic acids is 1. The number of hydrogen-bond donors (Lipinski definition) is 2. The molecular weight excluding hydrogens is 400 g/mol. The van der Waals surface area contributed by atoms with Gasteiger partial charge in [0.15, 0.2) is 11.5 Å². The van der Waals surface area contributed by atoms with Gasteiger partial charge in [-0.2, -0.15) is 0 Å². The lowest BCUT2D eigenvalue weighted by Gasteiger charge is -2.37. The first-order valence-corrected chi connectivity index (χ1v) is 10.3. The zero-order valence-electron chi connectivity index (χ0n) is 18.0. The number of rotatable bonds is 8. The summed E-state index contributed by atoms with van der Waals surface area (Å²) in [5.74, 6) is 0.720. The molecule has 0 bridgehead atoms. The molecule has 0 radical (unpaired) electrons. The van der Waals surface area contributed by atoms with Crippen molar-refractivity contribution in [3.63, 3.8) is 0 Å². The molecule has 166 valence electrons. The third-order valence-electron chi connectivity index (χ3n) is 5.14. The summed E-state index contributed by atoms with van der Waals surface area (Å²) in [6.07, 6.45) is 0.364. The van der Waals surface area contributed by atoms with Crippen LogP contribution < -0.4 is 19.5 Å². The van der Waals surface area contributed by atoms with E-state index in [1.54, 1.807) is 29.2 Å². The summed E-state index contributed by atoms with van der Waals surface area (Å²) in [7, 11) is 1.53. The number of nitrogens with one attached hydrogen (secondary N) is 1. The fourth-order valence-electron chi connectivity index (χ4n) is 3.81. The minimum Gasteiger partial charge on any atom is -0.495 e. The number of anilines is 1. The van der Waals surface area contributed by atoms with Gasteiger partial charge in [-0.25, -0.2) is 4.79 Å². The molecule has 0 saturated carbocycles. The predicted octanol–water partition coefficient (Wildman–Crippen LogP) is 4.10. The normalized spacial score (nSPS) is 15.1. The van der Waals surface area contributed by atoms with Gasteiger partial charge in [-0.3, -0.25) is 4.79 Å². The summed E-state index contributed by atoms with van der Waals surface area (Å²) in [4.78, 5) is 26.3. The van der Waals surface area contributed by atoms with Crippen LogP contribution in [0.1, 0.15) is 37.4 Å². The molecule has 0 aliphatic carbocycles. The van der Waals surface area contributed by atoms with Crippen LogP contribution in [0.4, 0.5) is 10.5 Å². The van der Waals surface area contributed by atoms with E-state index in [0.29, 0.717) is 49.1 Å². The molecule has 2 aromatic carbocycles. The number of fused-ring (bicyclic) bond motifs is 1. The van der Waals surface area contributed by atoms with Crippen LogP contribution in [0.15, 0.2) is 36.4 Å². The van der Waals surface area contributed by atoms with E-state index in [-0.39, 0.29) is 12.5 Å². The largest absolute Gasteiger partial charge is 0.495 e. The van der Waals surface area contributed by atoms with Crippen molar-refractivity contribution >= 4 is 17.7 Å². The fourth-order valence-corrected chi connectivity index (χ4v) is 3.81. The lowest BCUT2D eigenvalue weighted by Crippen LogP contribution is -2.43. The Hall–Kier alpha value is -3.42. The van der Waals surface area contributed by atoms with Crippen molar-refractivity contribution in [1.29, 1.82) is 0 Å². The van der Waals surface area contributed by atoms with Crippen LogP contribution in [0.25, 0.3) is 0 Å². The van der Waals surface area contributed by atoms with Crippen LogP contribution in [0.2, 0.25) is 0 Å². The fraction of sp³-hybridized carbons (Fsp3) is 0.391. The van der Waals surface area contributed by atoms with E-state index in [0.717, 1.165) is 11.1 Å². The van der Waals surface area contributed by atoms with Crippen molar-refractivity contribution in [2.24, 2.45) is 0 Å². The van der Waals surface area contributed by atoms with Crippen molar-refractivity contribution in [1.82, 2.24) is 4.90 Å². The van der Waals surface area contributed by atoms with Crippen LogP contribution in [0.5, 0.6) is 17.2 Å². The van der Waals surface area contributed by atoms with Gasteiger partial charge in [0, 0.05) is 6.54 Å². The average molecular weight is 428 g/mol. The number of urea groups is 1. The Balaban J connectivity index is 1.95. The Kier molecular flexibility index (Phi) is 7.23.